The SMILES string of the molecule is COc1ccccc1CCCOS(=O)(=O)c1ccc(C)cc1. The van der Waals surface area contributed by atoms with E-state index in [1.807, 2.05) is 31.2 Å². The second kappa shape index (κ2) is 7.42. The van der Waals surface area contributed by atoms with E-state index >= 15 is 0 Å². The molecule has 118 valence electrons. The molecule has 0 atom stereocenters. The molecule has 0 aliphatic rings. The first-order valence-electron chi connectivity index (χ1n) is 7.11. The first-order valence-corrected chi connectivity index (χ1v) is 8.52. The van der Waals surface area contributed by atoms with Gasteiger partial charge in [0.05, 0.1) is 18.6 Å². The van der Waals surface area contributed by atoms with Gasteiger partial charge in [0.15, 0.2) is 0 Å². The van der Waals surface area contributed by atoms with Gasteiger partial charge in [0.1, 0.15) is 5.75 Å². The smallest absolute Gasteiger partial charge is 0.296 e. The van der Waals surface area contributed by atoms with Gasteiger partial charge in [-0.3, -0.25) is 4.18 Å². The van der Waals surface area contributed by atoms with Gasteiger partial charge < -0.3 is 4.74 Å². The molecule has 0 aromatic heterocycles. The number of rotatable bonds is 7. The van der Waals surface area contributed by atoms with Crippen molar-refractivity contribution >= 4 is 10.1 Å². The van der Waals surface area contributed by atoms with Gasteiger partial charge in [0, 0.05) is 0 Å². The molecule has 0 fully saturated rings. The monoisotopic (exact) mass is 320 g/mol. The number of methoxy groups -OCH3 is 1. The first-order chi connectivity index (χ1) is 10.5. The highest BCUT2D eigenvalue weighted by Gasteiger charge is 2.14. The lowest BCUT2D eigenvalue weighted by Crippen LogP contribution is -2.08. The molecular formula is C17H20O4S. The minimum Gasteiger partial charge on any atom is -0.496 e. The molecule has 0 heterocycles. The van der Waals surface area contributed by atoms with Gasteiger partial charge in [0.2, 0.25) is 0 Å². The summed E-state index contributed by atoms with van der Waals surface area (Å²) in [5.74, 6) is 0.809. The third-order valence-corrected chi connectivity index (χ3v) is 4.66. The largest absolute Gasteiger partial charge is 0.496 e. The highest BCUT2D eigenvalue weighted by atomic mass is 32.2. The maximum atomic E-state index is 12.0. The summed E-state index contributed by atoms with van der Waals surface area (Å²) in [6.45, 7) is 2.05. The Morgan fingerprint density at radius 2 is 1.68 bits per heavy atom. The van der Waals surface area contributed by atoms with Crippen LogP contribution in [0.5, 0.6) is 5.75 Å². The summed E-state index contributed by atoms with van der Waals surface area (Å²) in [6, 6.07) is 14.3. The molecule has 2 aromatic carbocycles. The summed E-state index contributed by atoms with van der Waals surface area (Å²) in [5.41, 5.74) is 2.05. The molecule has 0 unspecified atom stereocenters. The number of para-hydroxylation sites is 1. The van der Waals surface area contributed by atoms with Crippen LogP contribution in [0.1, 0.15) is 17.5 Å². The predicted molar refractivity (Wildman–Crippen MR) is 85.6 cm³/mol. The van der Waals surface area contributed by atoms with E-state index in [0.29, 0.717) is 12.8 Å². The van der Waals surface area contributed by atoms with Gasteiger partial charge in [-0.25, -0.2) is 0 Å². The van der Waals surface area contributed by atoms with E-state index in [-0.39, 0.29) is 11.5 Å². The Bertz CT molecular complexity index is 706. The van der Waals surface area contributed by atoms with Gasteiger partial charge in [0.25, 0.3) is 10.1 Å². The molecule has 2 aromatic rings. The van der Waals surface area contributed by atoms with Gasteiger partial charge in [-0.1, -0.05) is 35.9 Å². The van der Waals surface area contributed by atoms with Crippen LogP contribution in [0.15, 0.2) is 53.4 Å². The summed E-state index contributed by atoms with van der Waals surface area (Å²) < 4.78 is 34.4. The molecule has 0 aliphatic heterocycles. The van der Waals surface area contributed by atoms with Crippen molar-refractivity contribution in [1.29, 1.82) is 0 Å². The highest BCUT2D eigenvalue weighted by Crippen LogP contribution is 2.19. The van der Waals surface area contributed by atoms with Crippen molar-refractivity contribution in [2.24, 2.45) is 0 Å². The van der Waals surface area contributed by atoms with Crippen LogP contribution < -0.4 is 4.74 Å². The van der Waals surface area contributed by atoms with Crippen molar-refractivity contribution in [2.45, 2.75) is 24.7 Å². The normalized spacial score (nSPS) is 11.4. The van der Waals surface area contributed by atoms with Gasteiger partial charge >= 0.3 is 0 Å². The Hall–Kier alpha value is -1.85. The molecule has 0 saturated heterocycles. The molecule has 0 amide bonds. The minimum atomic E-state index is -3.68. The van der Waals surface area contributed by atoms with Crippen LogP contribution in [0.4, 0.5) is 0 Å². The Morgan fingerprint density at radius 3 is 2.36 bits per heavy atom. The van der Waals surface area contributed by atoms with E-state index < -0.39 is 10.1 Å². The topological polar surface area (TPSA) is 52.6 Å². The van der Waals surface area contributed by atoms with Gasteiger partial charge in [-0.15, -0.1) is 0 Å². The van der Waals surface area contributed by atoms with Gasteiger partial charge in [-0.05, 0) is 43.5 Å². The Kier molecular flexibility index (Phi) is 5.57. The standard InChI is InChI=1S/C17H20O4S/c1-14-9-11-16(12-10-14)22(18,19)21-13-5-7-15-6-3-4-8-17(15)20-2/h3-4,6,8-12H,5,7,13H2,1-2H3. The molecule has 2 rings (SSSR count). The quantitative estimate of drug-likeness (QED) is 0.580. The summed E-state index contributed by atoms with van der Waals surface area (Å²) in [6.07, 6.45) is 1.30. The molecule has 0 bridgehead atoms. The molecular weight excluding hydrogens is 300 g/mol. The maximum Gasteiger partial charge on any atom is 0.296 e. The summed E-state index contributed by atoms with van der Waals surface area (Å²) in [5, 5.41) is 0. The fraction of sp³-hybridized carbons (Fsp3) is 0.294. The summed E-state index contributed by atoms with van der Waals surface area (Å²) >= 11 is 0. The fourth-order valence-electron chi connectivity index (χ4n) is 2.11. The molecule has 0 N–H and O–H groups in total. The fourth-order valence-corrected chi connectivity index (χ4v) is 3.06. The average Bonchev–Trinajstić information content (AvgIpc) is 2.52. The van der Waals surface area contributed by atoms with Crippen molar-refractivity contribution < 1.29 is 17.3 Å². The summed E-state index contributed by atoms with van der Waals surface area (Å²) in [4.78, 5) is 0.190. The van der Waals surface area contributed by atoms with Crippen molar-refractivity contribution in [3.05, 3.63) is 59.7 Å². The second-order valence-electron chi connectivity index (χ2n) is 5.00. The first kappa shape index (κ1) is 16.5. The van der Waals surface area contributed by atoms with Crippen LogP contribution in [0.3, 0.4) is 0 Å². The molecule has 0 radical (unpaired) electrons. The molecule has 0 aliphatic carbocycles. The highest BCUT2D eigenvalue weighted by molar-refractivity contribution is 7.86. The van der Waals surface area contributed by atoms with Crippen LogP contribution in [-0.2, 0) is 20.7 Å². The van der Waals surface area contributed by atoms with Crippen LogP contribution in [-0.4, -0.2) is 22.1 Å². The average molecular weight is 320 g/mol. The predicted octanol–water partition coefficient (Wildman–Crippen LogP) is 3.34. The second-order valence-corrected chi connectivity index (χ2v) is 6.62. The van der Waals surface area contributed by atoms with Crippen LogP contribution in [0, 0.1) is 6.92 Å². The number of hydrogen-bond donors (Lipinski definition) is 0. The molecule has 22 heavy (non-hydrogen) atoms. The molecule has 5 heteroatoms. The molecule has 0 saturated carbocycles. The summed E-state index contributed by atoms with van der Waals surface area (Å²) in [7, 11) is -2.06. The van der Waals surface area contributed by atoms with E-state index in [1.54, 1.807) is 31.4 Å². The molecule has 0 spiro atoms. The lowest BCUT2D eigenvalue weighted by molar-refractivity contribution is 0.311. The number of aryl methyl sites for hydroxylation is 2. The zero-order chi connectivity index (χ0) is 16.0. The third kappa shape index (κ3) is 4.32. The van der Waals surface area contributed by atoms with E-state index in [4.69, 9.17) is 8.92 Å². The van der Waals surface area contributed by atoms with E-state index in [9.17, 15) is 8.42 Å². The van der Waals surface area contributed by atoms with Crippen LogP contribution in [0.25, 0.3) is 0 Å². The third-order valence-electron chi connectivity index (χ3n) is 3.33. The lowest BCUT2D eigenvalue weighted by Gasteiger charge is -2.09. The molecule has 4 nitrogen and oxygen atoms in total. The van der Waals surface area contributed by atoms with Gasteiger partial charge in [-0.2, -0.15) is 8.42 Å². The van der Waals surface area contributed by atoms with Crippen molar-refractivity contribution in [2.75, 3.05) is 13.7 Å². The zero-order valence-electron chi connectivity index (χ0n) is 12.8. The van der Waals surface area contributed by atoms with E-state index in [1.165, 1.54) is 0 Å². The Balaban J connectivity index is 1.89. The Labute approximate surface area is 131 Å². The number of ether oxygens (including phenoxy) is 1. The zero-order valence-corrected chi connectivity index (χ0v) is 13.6. The number of benzene rings is 2. The van der Waals surface area contributed by atoms with Crippen molar-refractivity contribution in [3.63, 3.8) is 0 Å². The van der Waals surface area contributed by atoms with Crippen molar-refractivity contribution in [1.82, 2.24) is 0 Å². The van der Waals surface area contributed by atoms with Crippen molar-refractivity contribution in [3.8, 4) is 5.75 Å². The number of hydrogen-bond acceptors (Lipinski definition) is 4. The Morgan fingerprint density at radius 1 is 1.00 bits per heavy atom. The minimum absolute atomic E-state index is 0.147. The van der Waals surface area contributed by atoms with E-state index in [2.05, 4.69) is 0 Å². The lowest BCUT2D eigenvalue weighted by atomic mass is 10.1. The van der Waals surface area contributed by atoms with Crippen LogP contribution >= 0.6 is 0 Å². The maximum absolute atomic E-state index is 12.0. The van der Waals surface area contributed by atoms with Crippen LogP contribution in [0.2, 0.25) is 0 Å². The van der Waals surface area contributed by atoms with E-state index in [0.717, 1.165) is 16.9 Å².